The van der Waals surface area contributed by atoms with Crippen LogP contribution in [0.4, 0.5) is 11.6 Å². The summed E-state index contributed by atoms with van der Waals surface area (Å²) in [5, 5.41) is 9.60. The Morgan fingerprint density at radius 2 is 1.74 bits per heavy atom. The zero-order valence-corrected chi connectivity index (χ0v) is 21.4. The molecule has 0 spiro atoms. The zero-order chi connectivity index (χ0) is 26.6. The van der Waals surface area contributed by atoms with Gasteiger partial charge in [0.05, 0.1) is 11.2 Å². The predicted molar refractivity (Wildman–Crippen MR) is 140 cm³/mol. The number of fused-ring (bicyclic) bond motifs is 3. The van der Waals surface area contributed by atoms with Crippen LogP contribution in [0.15, 0.2) is 56.8 Å². The maximum Gasteiger partial charge on any atom is 0.330 e. The predicted octanol–water partition coefficient (Wildman–Crippen LogP) is 0.0895. The second-order valence-electron chi connectivity index (χ2n) is 9.15. The Labute approximate surface area is 216 Å². The minimum atomic E-state index is -3.72. The van der Waals surface area contributed by atoms with Crippen molar-refractivity contribution in [3.05, 3.63) is 53.1 Å². The Kier molecular flexibility index (Phi) is 5.70. The second kappa shape index (κ2) is 8.97. The van der Waals surface area contributed by atoms with E-state index in [1.165, 1.54) is 27.5 Å². The van der Waals surface area contributed by atoms with Crippen LogP contribution in [-0.4, -0.2) is 74.8 Å². The van der Waals surface area contributed by atoms with E-state index in [2.05, 4.69) is 24.9 Å². The van der Waals surface area contributed by atoms with Crippen LogP contribution in [0.2, 0.25) is 0 Å². The van der Waals surface area contributed by atoms with E-state index in [0.717, 1.165) is 31.9 Å². The number of aryl methyl sites for hydroxylation is 1. The lowest BCUT2D eigenvalue weighted by Crippen LogP contribution is -2.47. The molecule has 14 nitrogen and oxygen atoms in total. The molecule has 4 aromatic heterocycles. The Morgan fingerprint density at radius 1 is 1.00 bits per heavy atom. The van der Waals surface area contributed by atoms with Crippen LogP contribution >= 0.6 is 0 Å². The van der Waals surface area contributed by atoms with Crippen molar-refractivity contribution < 1.29 is 12.8 Å². The third-order valence-electron chi connectivity index (χ3n) is 6.86. The molecule has 0 saturated carbocycles. The third-order valence-corrected chi connectivity index (χ3v) is 7.79. The Bertz CT molecular complexity index is 1800. The first kappa shape index (κ1) is 24.1. The lowest BCUT2D eigenvalue weighted by Gasteiger charge is -2.36. The molecule has 198 valence electrons. The minimum absolute atomic E-state index is 0.0928. The molecule has 5 aromatic rings. The molecule has 0 aliphatic carbocycles. The van der Waals surface area contributed by atoms with Gasteiger partial charge in [0.2, 0.25) is 21.8 Å². The van der Waals surface area contributed by atoms with Gasteiger partial charge in [-0.3, -0.25) is 14.0 Å². The van der Waals surface area contributed by atoms with Gasteiger partial charge in [-0.05, 0) is 36.4 Å². The highest BCUT2D eigenvalue weighted by atomic mass is 32.2. The van der Waals surface area contributed by atoms with Crippen LogP contribution in [0.25, 0.3) is 28.4 Å². The molecule has 1 aromatic carbocycles. The Balaban J connectivity index is 1.20. The number of piperazine rings is 1. The van der Waals surface area contributed by atoms with Crippen LogP contribution in [-0.2, 0) is 23.6 Å². The van der Waals surface area contributed by atoms with E-state index in [0.29, 0.717) is 41.5 Å². The molecular weight excluding hydrogens is 512 g/mol. The third kappa shape index (κ3) is 4.09. The van der Waals surface area contributed by atoms with Crippen molar-refractivity contribution >= 4 is 38.5 Å². The van der Waals surface area contributed by atoms with Crippen LogP contribution in [0, 0.1) is 0 Å². The van der Waals surface area contributed by atoms with Crippen LogP contribution in [0.3, 0.4) is 0 Å². The monoisotopic (exact) mass is 538 g/mol. The smallest absolute Gasteiger partial charge is 0.330 e. The largest absolute Gasteiger partial charge is 0.461 e. The fourth-order valence-corrected chi connectivity index (χ4v) is 5.33. The highest BCUT2D eigenvalue weighted by Gasteiger charge is 2.23. The lowest BCUT2D eigenvalue weighted by atomic mass is 10.2. The lowest BCUT2D eigenvalue weighted by molar-refractivity contribution is 0.248. The normalized spacial score (nSPS) is 15.2. The van der Waals surface area contributed by atoms with E-state index in [4.69, 9.17) is 15.3 Å². The number of nitrogen functional groups attached to an aromatic ring is 1. The van der Waals surface area contributed by atoms with E-state index in [9.17, 15) is 13.2 Å². The number of hydrogen-bond acceptors (Lipinski definition) is 10. The van der Waals surface area contributed by atoms with Gasteiger partial charge in [0, 0.05) is 52.0 Å². The SMILES string of the molecule is Cn1c(=O)n(CCN2CCN(c3ccc(S(N)(=O)=O)cc3)CC2)c2nc(N)n3nc(-c4ccco4)nc3c21. The van der Waals surface area contributed by atoms with Gasteiger partial charge in [0.1, 0.15) is 5.52 Å². The van der Waals surface area contributed by atoms with Gasteiger partial charge in [-0.25, -0.2) is 23.3 Å². The van der Waals surface area contributed by atoms with Crippen molar-refractivity contribution in [3.8, 4) is 11.6 Å². The van der Waals surface area contributed by atoms with Crippen LogP contribution < -0.4 is 21.5 Å². The number of aromatic nitrogens is 6. The summed E-state index contributed by atoms with van der Waals surface area (Å²) in [6.07, 6.45) is 1.54. The fourth-order valence-electron chi connectivity index (χ4n) is 4.82. The van der Waals surface area contributed by atoms with Gasteiger partial charge in [-0.2, -0.15) is 9.50 Å². The first-order valence-electron chi connectivity index (χ1n) is 12.0. The summed E-state index contributed by atoms with van der Waals surface area (Å²) >= 11 is 0. The molecule has 4 N–H and O–H groups in total. The van der Waals surface area contributed by atoms with Gasteiger partial charge in [0.15, 0.2) is 17.1 Å². The summed E-state index contributed by atoms with van der Waals surface area (Å²) in [5.74, 6) is 0.970. The van der Waals surface area contributed by atoms with E-state index in [-0.39, 0.29) is 16.5 Å². The summed E-state index contributed by atoms with van der Waals surface area (Å²) in [6, 6.07) is 10.1. The van der Waals surface area contributed by atoms with Crippen molar-refractivity contribution in [1.82, 2.24) is 33.6 Å². The number of imidazole rings is 1. The summed E-state index contributed by atoms with van der Waals surface area (Å²) in [5.41, 5.74) is 8.35. The molecule has 0 radical (unpaired) electrons. The molecule has 0 atom stereocenters. The van der Waals surface area contributed by atoms with E-state index in [1.807, 2.05) is 0 Å². The number of sulfonamides is 1. The maximum atomic E-state index is 13.2. The van der Waals surface area contributed by atoms with Gasteiger partial charge in [-0.15, -0.1) is 5.10 Å². The number of anilines is 2. The van der Waals surface area contributed by atoms with Crippen molar-refractivity contribution in [2.75, 3.05) is 43.4 Å². The average Bonchev–Trinajstić information content (AvgIpc) is 3.63. The first-order valence-corrected chi connectivity index (χ1v) is 13.5. The molecular formula is C23H26N10O4S. The molecule has 0 amide bonds. The molecule has 1 aliphatic heterocycles. The molecule has 5 heterocycles. The molecule has 1 saturated heterocycles. The molecule has 0 unspecified atom stereocenters. The van der Waals surface area contributed by atoms with E-state index < -0.39 is 10.0 Å². The molecule has 1 aliphatic rings. The summed E-state index contributed by atoms with van der Waals surface area (Å²) in [4.78, 5) is 26.8. The fraction of sp³-hybridized carbons (Fsp3) is 0.304. The van der Waals surface area contributed by atoms with E-state index in [1.54, 1.807) is 35.9 Å². The van der Waals surface area contributed by atoms with Crippen molar-refractivity contribution in [2.24, 2.45) is 12.2 Å². The zero-order valence-electron chi connectivity index (χ0n) is 20.6. The minimum Gasteiger partial charge on any atom is -0.461 e. The molecule has 38 heavy (non-hydrogen) atoms. The first-order chi connectivity index (χ1) is 18.2. The van der Waals surface area contributed by atoms with Crippen molar-refractivity contribution in [3.63, 3.8) is 0 Å². The quantitative estimate of drug-likeness (QED) is 0.301. The van der Waals surface area contributed by atoms with Gasteiger partial charge in [0.25, 0.3) is 0 Å². The number of primary sulfonamides is 1. The summed E-state index contributed by atoms with van der Waals surface area (Å²) in [6.45, 7) is 4.18. The summed E-state index contributed by atoms with van der Waals surface area (Å²) < 4.78 is 33.0. The Hall–Kier alpha value is -4.21. The van der Waals surface area contributed by atoms with Crippen molar-refractivity contribution in [2.45, 2.75) is 11.4 Å². The Morgan fingerprint density at radius 3 is 2.39 bits per heavy atom. The van der Waals surface area contributed by atoms with Gasteiger partial charge >= 0.3 is 5.69 Å². The number of benzene rings is 1. The van der Waals surface area contributed by atoms with Gasteiger partial charge in [-0.1, -0.05) is 0 Å². The number of furan rings is 1. The van der Waals surface area contributed by atoms with Gasteiger partial charge < -0.3 is 15.1 Å². The molecule has 15 heteroatoms. The topological polar surface area (TPSA) is 176 Å². The standard InChI is InChI=1S/C23H26N10O4S/c1-29-18-20(27-22(24)33-21(18)26-19(28-33)17-3-2-14-37-17)32(23(29)34)13-10-30-8-11-31(12-9-30)15-4-6-16(7-5-15)38(25,35)36/h2-7,14H,8-13H2,1H3,(H2,24,27)(H2,25,35,36). The highest BCUT2D eigenvalue weighted by Crippen LogP contribution is 2.23. The number of nitrogens with zero attached hydrogens (tertiary/aromatic N) is 8. The highest BCUT2D eigenvalue weighted by molar-refractivity contribution is 7.89. The second-order valence-corrected chi connectivity index (χ2v) is 10.7. The van der Waals surface area contributed by atoms with Crippen LogP contribution in [0.5, 0.6) is 0 Å². The number of rotatable bonds is 6. The molecule has 0 bridgehead atoms. The van der Waals surface area contributed by atoms with E-state index >= 15 is 0 Å². The molecule has 1 fully saturated rings. The average molecular weight is 539 g/mol. The maximum absolute atomic E-state index is 13.2. The summed E-state index contributed by atoms with van der Waals surface area (Å²) in [7, 11) is -2.04. The number of hydrogen-bond donors (Lipinski definition) is 2. The van der Waals surface area contributed by atoms with Crippen molar-refractivity contribution in [1.29, 1.82) is 0 Å². The number of nitrogens with two attached hydrogens (primary N) is 2. The molecule has 6 rings (SSSR count). The van der Waals surface area contributed by atoms with Crippen LogP contribution in [0.1, 0.15) is 0 Å².